The van der Waals surface area contributed by atoms with Crippen LogP contribution in [0.4, 0.5) is 8.78 Å². The SMILES string of the molecule is Cc1cc(C(=O)N[C@H]2CCN(C)[C@@H]2c2ccc(F)c(F)c2)nn1C. The Labute approximate surface area is 139 Å². The molecule has 0 saturated carbocycles. The van der Waals surface area contributed by atoms with Gasteiger partial charge >= 0.3 is 0 Å². The van der Waals surface area contributed by atoms with Crippen LogP contribution in [0.1, 0.15) is 34.2 Å². The molecule has 128 valence electrons. The van der Waals surface area contributed by atoms with Crippen LogP contribution in [-0.4, -0.2) is 40.2 Å². The summed E-state index contributed by atoms with van der Waals surface area (Å²) >= 11 is 0. The number of nitrogens with one attached hydrogen (secondary N) is 1. The van der Waals surface area contributed by atoms with Crippen LogP contribution in [0.5, 0.6) is 0 Å². The van der Waals surface area contributed by atoms with Gasteiger partial charge in [0.05, 0.1) is 12.1 Å². The van der Waals surface area contributed by atoms with Gasteiger partial charge in [-0.15, -0.1) is 0 Å². The Kier molecular flexibility index (Phi) is 4.36. The van der Waals surface area contributed by atoms with Crippen molar-refractivity contribution in [3.8, 4) is 0 Å². The van der Waals surface area contributed by atoms with Crippen LogP contribution in [0.15, 0.2) is 24.3 Å². The number of amides is 1. The third kappa shape index (κ3) is 3.03. The molecule has 24 heavy (non-hydrogen) atoms. The average molecular weight is 334 g/mol. The molecule has 1 aromatic carbocycles. The molecule has 0 unspecified atom stereocenters. The topological polar surface area (TPSA) is 50.2 Å². The highest BCUT2D eigenvalue weighted by Crippen LogP contribution is 2.31. The summed E-state index contributed by atoms with van der Waals surface area (Å²) in [6.45, 7) is 2.63. The number of hydrogen-bond donors (Lipinski definition) is 1. The highest BCUT2D eigenvalue weighted by Gasteiger charge is 2.35. The zero-order valence-corrected chi connectivity index (χ0v) is 13.9. The maximum atomic E-state index is 13.6. The summed E-state index contributed by atoms with van der Waals surface area (Å²) in [4.78, 5) is 14.5. The Morgan fingerprint density at radius 2 is 2.00 bits per heavy atom. The van der Waals surface area contributed by atoms with E-state index in [1.807, 2.05) is 18.9 Å². The van der Waals surface area contributed by atoms with E-state index in [2.05, 4.69) is 10.4 Å². The van der Waals surface area contributed by atoms with Gasteiger partial charge in [-0.1, -0.05) is 6.07 Å². The van der Waals surface area contributed by atoms with Gasteiger partial charge < -0.3 is 5.32 Å². The molecule has 2 aromatic rings. The predicted octanol–water partition coefficient (Wildman–Crippen LogP) is 2.18. The molecule has 2 heterocycles. The van der Waals surface area contributed by atoms with E-state index in [0.717, 1.165) is 24.7 Å². The lowest BCUT2D eigenvalue weighted by atomic mass is 9.99. The van der Waals surface area contributed by atoms with Gasteiger partial charge in [0.1, 0.15) is 5.69 Å². The van der Waals surface area contributed by atoms with E-state index in [0.29, 0.717) is 11.3 Å². The van der Waals surface area contributed by atoms with Gasteiger partial charge in [0.15, 0.2) is 11.6 Å². The zero-order chi connectivity index (χ0) is 17.4. The van der Waals surface area contributed by atoms with Crippen molar-refractivity contribution in [3.05, 3.63) is 52.9 Å². The van der Waals surface area contributed by atoms with Crippen molar-refractivity contribution < 1.29 is 13.6 Å². The number of likely N-dealkylation sites (N-methyl/N-ethyl adjacent to an activating group) is 1. The molecule has 7 heteroatoms. The van der Waals surface area contributed by atoms with Crippen molar-refractivity contribution in [2.24, 2.45) is 7.05 Å². The van der Waals surface area contributed by atoms with Crippen LogP contribution >= 0.6 is 0 Å². The number of aryl methyl sites for hydroxylation is 2. The lowest BCUT2D eigenvalue weighted by molar-refractivity contribution is 0.0922. The van der Waals surface area contributed by atoms with E-state index in [1.54, 1.807) is 23.9 Å². The Hall–Kier alpha value is -2.28. The highest BCUT2D eigenvalue weighted by molar-refractivity contribution is 5.92. The number of likely N-dealkylation sites (tertiary alicyclic amines) is 1. The minimum absolute atomic E-state index is 0.185. The van der Waals surface area contributed by atoms with Crippen molar-refractivity contribution in [2.45, 2.75) is 25.4 Å². The second kappa shape index (κ2) is 6.32. The fraction of sp³-hybridized carbons (Fsp3) is 0.412. The number of halogens is 2. The molecule has 2 atom stereocenters. The Morgan fingerprint density at radius 1 is 1.25 bits per heavy atom. The summed E-state index contributed by atoms with van der Waals surface area (Å²) in [5.41, 5.74) is 1.89. The Bertz CT molecular complexity index is 754. The largest absolute Gasteiger partial charge is 0.346 e. The van der Waals surface area contributed by atoms with E-state index in [-0.39, 0.29) is 18.0 Å². The monoisotopic (exact) mass is 334 g/mol. The number of nitrogens with zero attached hydrogens (tertiary/aromatic N) is 3. The maximum Gasteiger partial charge on any atom is 0.272 e. The molecule has 0 aliphatic carbocycles. The average Bonchev–Trinajstić information content (AvgIpc) is 3.06. The van der Waals surface area contributed by atoms with E-state index in [1.165, 1.54) is 6.07 Å². The molecule has 1 saturated heterocycles. The third-order valence-corrected chi connectivity index (χ3v) is 4.60. The van der Waals surface area contributed by atoms with Gasteiger partial charge in [0, 0.05) is 19.3 Å². The van der Waals surface area contributed by atoms with E-state index < -0.39 is 11.6 Å². The Balaban J connectivity index is 1.81. The molecule has 0 spiro atoms. The summed E-state index contributed by atoms with van der Waals surface area (Å²) in [7, 11) is 3.68. The predicted molar refractivity (Wildman–Crippen MR) is 85.5 cm³/mol. The highest BCUT2D eigenvalue weighted by atomic mass is 19.2. The zero-order valence-electron chi connectivity index (χ0n) is 13.9. The summed E-state index contributed by atoms with van der Waals surface area (Å²) in [5, 5.41) is 7.15. The van der Waals surface area contributed by atoms with E-state index >= 15 is 0 Å². The van der Waals surface area contributed by atoms with Crippen LogP contribution in [0.2, 0.25) is 0 Å². The first-order chi connectivity index (χ1) is 11.4. The molecule has 0 bridgehead atoms. The molecule has 5 nitrogen and oxygen atoms in total. The molecule has 1 aromatic heterocycles. The first-order valence-electron chi connectivity index (χ1n) is 7.83. The third-order valence-electron chi connectivity index (χ3n) is 4.60. The lowest BCUT2D eigenvalue weighted by Crippen LogP contribution is -2.39. The minimum atomic E-state index is -0.877. The van der Waals surface area contributed by atoms with Crippen molar-refractivity contribution in [1.82, 2.24) is 20.0 Å². The number of carbonyl (C=O) groups is 1. The molecule has 1 aliphatic rings. The van der Waals surface area contributed by atoms with Crippen molar-refractivity contribution >= 4 is 5.91 Å². The van der Waals surface area contributed by atoms with Gasteiger partial charge in [-0.05, 0) is 44.2 Å². The second-order valence-corrected chi connectivity index (χ2v) is 6.26. The van der Waals surface area contributed by atoms with Crippen molar-refractivity contribution in [2.75, 3.05) is 13.6 Å². The van der Waals surface area contributed by atoms with Gasteiger partial charge in [-0.2, -0.15) is 5.10 Å². The standard InChI is InChI=1S/C17H20F2N4O/c1-10-8-15(21-23(10)3)17(24)20-14-6-7-22(2)16(14)11-4-5-12(18)13(19)9-11/h4-5,8-9,14,16H,6-7H2,1-3H3,(H,20,24)/t14-,16+/m0/s1. The number of aromatic nitrogens is 2. The van der Waals surface area contributed by atoms with Gasteiger partial charge in [-0.25, -0.2) is 8.78 Å². The first-order valence-corrected chi connectivity index (χ1v) is 7.83. The number of benzene rings is 1. The molecular formula is C17H20F2N4O. The molecule has 3 rings (SSSR count). The number of rotatable bonds is 3. The maximum absolute atomic E-state index is 13.6. The van der Waals surface area contributed by atoms with Gasteiger partial charge in [0.2, 0.25) is 0 Å². The van der Waals surface area contributed by atoms with Crippen LogP contribution < -0.4 is 5.32 Å². The number of hydrogen-bond acceptors (Lipinski definition) is 3. The molecule has 1 N–H and O–H groups in total. The van der Waals surface area contributed by atoms with Crippen LogP contribution in [0.25, 0.3) is 0 Å². The Morgan fingerprint density at radius 3 is 2.62 bits per heavy atom. The molecule has 1 amide bonds. The molecule has 1 fully saturated rings. The van der Waals surface area contributed by atoms with Gasteiger partial charge in [-0.3, -0.25) is 14.4 Å². The van der Waals surface area contributed by atoms with E-state index in [9.17, 15) is 13.6 Å². The van der Waals surface area contributed by atoms with E-state index in [4.69, 9.17) is 0 Å². The second-order valence-electron chi connectivity index (χ2n) is 6.26. The molecular weight excluding hydrogens is 314 g/mol. The fourth-order valence-electron chi connectivity index (χ4n) is 3.20. The van der Waals surface area contributed by atoms with Crippen LogP contribution in [0.3, 0.4) is 0 Å². The minimum Gasteiger partial charge on any atom is -0.346 e. The lowest BCUT2D eigenvalue weighted by Gasteiger charge is -2.26. The first kappa shape index (κ1) is 16.6. The van der Waals surface area contributed by atoms with Crippen molar-refractivity contribution in [1.29, 1.82) is 0 Å². The van der Waals surface area contributed by atoms with Gasteiger partial charge in [0.25, 0.3) is 5.91 Å². The summed E-state index contributed by atoms with van der Waals surface area (Å²) in [5.74, 6) is -2.01. The van der Waals surface area contributed by atoms with Crippen molar-refractivity contribution in [3.63, 3.8) is 0 Å². The quantitative estimate of drug-likeness (QED) is 0.936. The molecule has 0 radical (unpaired) electrons. The fourth-order valence-corrected chi connectivity index (χ4v) is 3.20. The van der Waals surface area contributed by atoms with Crippen LogP contribution in [-0.2, 0) is 7.05 Å². The molecule has 1 aliphatic heterocycles. The van der Waals surface area contributed by atoms with Crippen LogP contribution in [0, 0.1) is 18.6 Å². The smallest absolute Gasteiger partial charge is 0.272 e. The summed E-state index contributed by atoms with van der Waals surface area (Å²) in [6, 6.07) is 5.22. The normalized spacial score (nSPS) is 21.2. The summed E-state index contributed by atoms with van der Waals surface area (Å²) in [6.07, 6.45) is 0.734. The number of carbonyl (C=O) groups excluding carboxylic acids is 1. The summed E-state index contributed by atoms with van der Waals surface area (Å²) < 4.78 is 28.4.